The van der Waals surface area contributed by atoms with Gasteiger partial charge in [-0.3, -0.25) is 4.79 Å². The second kappa shape index (κ2) is 3.32. The number of H-pyrrole nitrogens is 1. The monoisotopic (exact) mass is 244 g/mol. The number of benzene rings is 1. The van der Waals surface area contributed by atoms with Gasteiger partial charge in [0.1, 0.15) is 0 Å². The van der Waals surface area contributed by atoms with Crippen molar-refractivity contribution in [2.75, 3.05) is 0 Å². The minimum Gasteiger partial charge on any atom is -0.345 e. The Kier molecular flexibility index (Phi) is 2.24. The number of halogens is 1. The Bertz CT molecular complexity index is 632. The van der Waals surface area contributed by atoms with Crippen molar-refractivity contribution in [2.45, 2.75) is 4.90 Å². The van der Waals surface area contributed by atoms with Crippen molar-refractivity contribution in [3.63, 3.8) is 0 Å². The van der Waals surface area contributed by atoms with Crippen LogP contribution in [0.1, 0.15) is 10.4 Å². The summed E-state index contributed by atoms with van der Waals surface area (Å²) >= 11 is 0. The molecule has 0 radical (unpaired) electrons. The molecule has 78 valence electrons. The molecule has 0 spiro atoms. The smallest absolute Gasteiger partial charge is 0.262 e. The molecule has 2 rings (SSSR count). The largest absolute Gasteiger partial charge is 0.345 e. The quantitative estimate of drug-likeness (QED) is 0.638. The van der Waals surface area contributed by atoms with Crippen LogP contribution in [-0.4, -0.2) is 24.7 Å². The number of hydrogen-bond acceptors (Lipinski definition) is 4. The zero-order chi connectivity index (χ0) is 11.1. The predicted octanol–water partition coefficient (Wildman–Crippen LogP) is 1.30. The van der Waals surface area contributed by atoms with E-state index in [0.717, 1.165) is 0 Å². The van der Waals surface area contributed by atoms with E-state index < -0.39 is 9.05 Å². The van der Waals surface area contributed by atoms with E-state index in [1.165, 1.54) is 18.5 Å². The lowest BCUT2D eigenvalue weighted by Crippen LogP contribution is -1.97. The normalized spacial score (nSPS) is 11.8. The zero-order valence-electron chi connectivity index (χ0n) is 7.27. The minimum absolute atomic E-state index is 0.00426. The molecule has 0 amide bonds. The van der Waals surface area contributed by atoms with E-state index in [2.05, 4.69) is 9.97 Å². The third-order valence-electron chi connectivity index (χ3n) is 1.94. The summed E-state index contributed by atoms with van der Waals surface area (Å²) in [6.45, 7) is 0. The molecule has 0 aliphatic carbocycles. The van der Waals surface area contributed by atoms with Crippen LogP contribution in [0.5, 0.6) is 0 Å². The lowest BCUT2D eigenvalue weighted by molar-refractivity contribution is 0.112. The Morgan fingerprint density at radius 1 is 1.40 bits per heavy atom. The van der Waals surface area contributed by atoms with Gasteiger partial charge in [0.25, 0.3) is 9.05 Å². The fourth-order valence-corrected chi connectivity index (χ4v) is 2.33. The lowest BCUT2D eigenvalue weighted by atomic mass is 10.2. The Labute approximate surface area is 89.5 Å². The summed E-state index contributed by atoms with van der Waals surface area (Å²) in [6.07, 6.45) is 1.84. The number of nitrogens with zero attached hydrogens (tertiary/aromatic N) is 1. The molecular formula is C8H5ClN2O3S. The molecule has 1 heterocycles. The van der Waals surface area contributed by atoms with Crippen molar-refractivity contribution in [3.05, 3.63) is 24.0 Å². The molecule has 1 N–H and O–H groups in total. The first kappa shape index (κ1) is 10.1. The summed E-state index contributed by atoms with van der Waals surface area (Å²) in [5, 5.41) is 0. The molecule has 15 heavy (non-hydrogen) atoms. The highest BCUT2D eigenvalue weighted by molar-refractivity contribution is 8.13. The van der Waals surface area contributed by atoms with Gasteiger partial charge in [0.15, 0.2) is 6.29 Å². The van der Waals surface area contributed by atoms with Crippen molar-refractivity contribution in [1.82, 2.24) is 9.97 Å². The van der Waals surface area contributed by atoms with Gasteiger partial charge in [-0.05, 0) is 12.1 Å². The summed E-state index contributed by atoms with van der Waals surface area (Å²) in [4.78, 5) is 17.1. The second-order valence-electron chi connectivity index (χ2n) is 2.87. The summed E-state index contributed by atoms with van der Waals surface area (Å²) in [6, 6.07) is 2.66. The number of imidazole rings is 1. The van der Waals surface area contributed by atoms with Crippen molar-refractivity contribution in [3.8, 4) is 0 Å². The molecule has 1 aromatic carbocycles. The van der Waals surface area contributed by atoms with Gasteiger partial charge in [0.05, 0.1) is 22.3 Å². The number of aromatic amines is 1. The highest BCUT2D eigenvalue weighted by atomic mass is 35.7. The maximum Gasteiger partial charge on any atom is 0.262 e. The van der Waals surface area contributed by atoms with E-state index in [1.54, 1.807) is 0 Å². The van der Waals surface area contributed by atoms with Gasteiger partial charge in [-0.2, -0.15) is 0 Å². The molecular weight excluding hydrogens is 240 g/mol. The van der Waals surface area contributed by atoms with E-state index >= 15 is 0 Å². The number of rotatable bonds is 2. The van der Waals surface area contributed by atoms with E-state index in [4.69, 9.17) is 10.7 Å². The number of carbonyl (C=O) groups is 1. The van der Waals surface area contributed by atoms with Gasteiger partial charge in [0.2, 0.25) is 0 Å². The van der Waals surface area contributed by atoms with Crippen molar-refractivity contribution in [2.24, 2.45) is 0 Å². The van der Waals surface area contributed by atoms with Crippen LogP contribution in [0.25, 0.3) is 11.0 Å². The van der Waals surface area contributed by atoms with E-state index in [1.807, 2.05) is 0 Å². The molecule has 0 aliphatic heterocycles. The molecule has 0 fully saturated rings. The highest BCUT2D eigenvalue weighted by Gasteiger charge is 2.17. The van der Waals surface area contributed by atoms with E-state index in [-0.39, 0.29) is 10.5 Å². The van der Waals surface area contributed by atoms with Gasteiger partial charge >= 0.3 is 0 Å². The lowest BCUT2D eigenvalue weighted by Gasteiger charge is -1.99. The Hall–Kier alpha value is -1.40. The maximum atomic E-state index is 11.2. The van der Waals surface area contributed by atoms with E-state index in [9.17, 15) is 13.2 Å². The fourth-order valence-electron chi connectivity index (χ4n) is 1.28. The van der Waals surface area contributed by atoms with E-state index in [0.29, 0.717) is 17.3 Å². The van der Waals surface area contributed by atoms with Gasteiger partial charge in [-0.1, -0.05) is 0 Å². The average Bonchev–Trinajstić information content (AvgIpc) is 2.60. The van der Waals surface area contributed by atoms with Crippen LogP contribution in [0.15, 0.2) is 23.4 Å². The van der Waals surface area contributed by atoms with Crippen LogP contribution < -0.4 is 0 Å². The standard InChI is InChI=1S/C8H5ClN2O3S/c9-15(13,14)8-2-7-6(10-4-11-7)1-5(8)3-12/h1-4H,(H,10,11). The third-order valence-corrected chi connectivity index (χ3v) is 3.32. The Morgan fingerprint density at radius 2 is 2.13 bits per heavy atom. The SMILES string of the molecule is O=Cc1cc2nc[nH]c2cc1S(=O)(=O)Cl. The van der Waals surface area contributed by atoms with Gasteiger partial charge in [-0.25, -0.2) is 13.4 Å². The Balaban J connectivity index is 2.87. The summed E-state index contributed by atoms with van der Waals surface area (Å²) in [7, 11) is 1.27. The first-order valence-electron chi connectivity index (χ1n) is 3.89. The number of aromatic nitrogens is 2. The van der Waals surface area contributed by atoms with Gasteiger partial charge in [0, 0.05) is 16.2 Å². The predicted molar refractivity (Wildman–Crippen MR) is 54.5 cm³/mol. The van der Waals surface area contributed by atoms with Crippen LogP contribution in [0.4, 0.5) is 0 Å². The molecule has 0 saturated carbocycles. The molecule has 0 saturated heterocycles. The first-order chi connectivity index (χ1) is 7.02. The average molecular weight is 245 g/mol. The van der Waals surface area contributed by atoms with Gasteiger partial charge < -0.3 is 4.98 Å². The third kappa shape index (κ3) is 1.73. The zero-order valence-corrected chi connectivity index (χ0v) is 8.84. The van der Waals surface area contributed by atoms with Gasteiger partial charge in [-0.15, -0.1) is 0 Å². The van der Waals surface area contributed by atoms with Crippen LogP contribution >= 0.6 is 10.7 Å². The minimum atomic E-state index is -3.92. The number of aldehydes is 1. The fraction of sp³-hybridized carbons (Fsp3) is 0. The molecule has 7 heteroatoms. The van der Waals surface area contributed by atoms with Crippen molar-refractivity contribution < 1.29 is 13.2 Å². The highest BCUT2D eigenvalue weighted by Crippen LogP contribution is 2.23. The number of carbonyl (C=O) groups excluding carboxylic acids is 1. The van der Waals surface area contributed by atoms with Crippen LogP contribution in [-0.2, 0) is 9.05 Å². The maximum absolute atomic E-state index is 11.2. The summed E-state index contributed by atoms with van der Waals surface area (Å²) < 4.78 is 22.3. The number of hydrogen-bond donors (Lipinski definition) is 1. The Morgan fingerprint density at radius 3 is 2.73 bits per heavy atom. The summed E-state index contributed by atoms with van der Waals surface area (Å²) in [5.41, 5.74) is 1.03. The molecule has 2 aromatic rings. The van der Waals surface area contributed by atoms with Crippen molar-refractivity contribution >= 4 is 37.1 Å². The van der Waals surface area contributed by atoms with Crippen LogP contribution in [0.2, 0.25) is 0 Å². The second-order valence-corrected chi connectivity index (χ2v) is 5.40. The van der Waals surface area contributed by atoms with Crippen LogP contribution in [0.3, 0.4) is 0 Å². The van der Waals surface area contributed by atoms with Crippen LogP contribution in [0, 0.1) is 0 Å². The molecule has 0 unspecified atom stereocenters. The topological polar surface area (TPSA) is 79.9 Å². The molecule has 0 aliphatic rings. The molecule has 5 nitrogen and oxygen atoms in total. The number of nitrogens with one attached hydrogen (secondary N) is 1. The summed E-state index contributed by atoms with van der Waals surface area (Å²) in [5.74, 6) is 0. The molecule has 0 atom stereocenters. The van der Waals surface area contributed by atoms with Crippen molar-refractivity contribution in [1.29, 1.82) is 0 Å². The molecule has 1 aromatic heterocycles. The first-order valence-corrected chi connectivity index (χ1v) is 6.20. The number of fused-ring (bicyclic) bond motifs is 1. The molecule has 0 bridgehead atoms.